The first-order valence-corrected chi connectivity index (χ1v) is 10.00. The molecule has 0 aliphatic rings. The van der Waals surface area contributed by atoms with E-state index >= 15 is 0 Å². The number of aryl methyl sites for hydroxylation is 1. The molecule has 29 heavy (non-hydrogen) atoms. The topological polar surface area (TPSA) is 65.1 Å². The van der Waals surface area contributed by atoms with E-state index in [1.165, 1.54) is 23.7 Å². The van der Waals surface area contributed by atoms with E-state index in [2.05, 4.69) is 16.8 Å². The molecule has 0 fully saturated rings. The maximum Gasteiger partial charge on any atom is 0.332 e. The SMILES string of the molecule is CCCCCN(CCn1cnc2c1c(=O)n(C)c(=O)n2C)Cc1ccc(F)cc1. The van der Waals surface area contributed by atoms with Gasteiger partial charge in [0.15, 0.2) is 11.2 Å². The lowest BCUT2D eigenvalue weighted by Gasteiger charge is -2.23. The van der Waals surface area contributed by atoms with E-state index in [0.717, 1.165) is 42.5 Å². The third-order valence-electron chi connectivity index (χ3n) is 5.27. The highest BCUT2D eigenvalue weighted by atomic mass is 19.1. The Morgan fingerprint density at radius 2 is 1.76 bits per heavy atom. The van der Waals surface area contributed by atoms with Crippen LogP contribution >= 0.6 is 0 Å². The maximum absolute atomic E-state index is 13.2. The van der Waals surface area contributed by atoms with E-state index in [1.807, 2.05) is 4.57 Å². The molecular formula is C21H28FN5O2. The van der Waals surface area contributed by atoms with Crippen LogP contribution < -0.4 is 11.2 Å². The van der Waals surface area contributed by atoms with Crippen LogP contribution in [0.2, 0.25) is 0 Å². The van der Waals surface area contributed by atoms with Crippen molar-refractivity contribution in [2.45, 2.75) is 39.3 Å². The van der Waals surface area contributed by atoms with Crippen LogP contribution in [0.1, 0.15) is 31.7 Å². The predicted octanol–water partition coefficient (Wildman–Crippen LogP) is 2.27. The summed E-state index contributed by atoms with van der Waals surface area (Å²) in [5, 5.41) is 0. The summed E-state index contributed by atoms with van der Waals surface area (Å²) in [7, 11) is 3.10. The Kier molecular flexibility index (Phi) is 6.64. The molecule has 0 atom stereocenters. The number of benzene rings is 1. The van der Waals surface area contributed by atoms with Crippen LogP contribution in [0.15, 0.2) is 40.2 Å². The molecule has 0 aliphatic heterocycles. The Balaban J connectivity index is 1.80. The minimum Gasteiger partial charge on any atom is -0.323 e. The average molecular weight is 401 g/mol. The summed E-state index contributed by atoms with van der Waals surface area (Å²) in [5.74, 6) is -0.238. The average Bonchev–Trinajstić information content (AvgIpc) is 3.14. The molecule has 7 nitrogen and oxygen atoms in total. The summed E-state index contributed by atoms with van der Waals surface area (Å²) in [5.41, 5.74) is 1.16. The van der Waals surface area contributed by atoms with Gasteiger partial charge in [-0.3, -0.25) is 18.8 Å². The summed E-state index contributed by atoms with van der Waals surface area (Å²) in [4.78, 5) is 31.3. The van der Waals surface area contributed by atoms with Crippen molar-refractivity contribution in [2.75, 3.05) is 13.1 Å². The van der Waals surface area contributed by atoms with Crippen molar-refractivity contribution in [1.29, 1.82) is 0 Å². The van der Waals surface area contributed by atoms with Crippen LogP contribution in [0.5, 0.6) is 0 Å². The number of hydrogen-bond acceptors (Lipinski definition) is 4. The lowest BCUT2D eigenvalue weighted by molar-refractivity contribution is 0.250. The van der Waals surface area contributed by atoms with Gasteiger partial charge in [0.05, 0.1) is 6.33 Å². The monoisotopic (exact) mass is 401 g/mol. The Hall–Kier alpha value is -2.74. The second-order valence-electron chi connectivity index (χ2n) is 7.43. The number of fused-ring (bicyclic) bond motifs is 1. The molecule has 2 aromatic heterocycles. The third-order valence-corrected chi connectivity index (χ3v) is 5.27. The quantitative estimate of drug-likeness (QED) is 0.516. The van der Waals surface area contributed by atoms with Gasteiger partial charge in [-0.25, -0.2) is 14.2 Å². The fourth-order valence-electron chi connectivity index (χ4n) is 3.52. The van der Waals surface area contributed by atoms with Crippen LogP contribution in [-0.2, 0) is 27.2 Å². The van der Waals surface area contributed by atoms with E-state index < -0.39 is 0 Å². The van der Waals surface area contributed by atoms with Crippen LogP contribution in [0, 0.1) is 5.82 Å². The molecular weight excluding hydrogens is 373 g/mol. The minimum atomic E-state index is -0.384. The summed E-state index contributed by atoms with van der Waals surface area (Å²) < 4.78 is 17.5. The van der Waals surface area contributed by atoms with Crippen LogP contribution in [0.3, 0.4) is 0 Å². The van der Waals surface area contributed by atoms with Crippen molar-refractivity contribution in [3.05, 3.63) is 62.8 Å². The van der Waals surface area contributed by atoms with E-state index in [1.54, 1.807) is 25.5 Å². The van der Waals surface area contributed by atoms with Gasteiger partial charge < -0.3 is 4.57 Å². The molecule has 0 bridgehead atoms. The predicted molar refractivity (Wildman–Crippen MR) is 111 cm³/mol. The van der Waals surface area contributed by atoms with Gasteiger partial charge in [-0.05, 0) is 30.7 Å². The number of halogens is 1. The van der Waals surface area contributed by atoms with Gasteiger partial charge in [0.2, 0.25) is 0 Å². The van der Waals surface area contributed by atoms with Crippen LogP contribution in [0.25, 0.3) is 11.2 Å². The van der Waals surface area contributed by atoms with Gasteiger partial charge in [-0.1, -0.05) is 31.9 Å². The van der Waals surface area contributed by atoms with Crippen molar-refractivity contribution < 1.29 is 4.39 Å². The van der Waals surface area contributed by atoms with Gasteiger partial charge in [0, 0.05) is 33.7 Å². The van der Waals surface area contributed by atoms with Gasteiger partial charge in [-0.15, -0.1) is 0 Å². The zero-order chi connectivity index (χ0) is 21.0. The van der Waals surface area contributed by atoms with Crippen molar-refractivity contribution >= 4 is 11.2 Å². The van der Waals surface area contributed by atoms with Gasteiger partial charge in [0.1, 0.15) is 5.82 Å². The molecule has 0 amide bonds. The summed E-state index contributed by atoms with van der Waals surface area (Å²) in [6, 6.07) is 6.57. The van der Waals surface area contributed by atoms with Gasteiger partial charge in [0.25, 0.3) is 5.56 Å². The molecule has 1 aromatic carbocycles. The molecule has 156 valence electrons. The normalized spacial score (nSPS) is 11.6. The number of aromatic nitrogens is 4. The fourth-order valence-corrected chi connectivity index (χ4v) is 3.52. The molecule has 0 spiro atoms. The molecule has 3 aromatic rings. The second-order valence-corrected chi connectivity index (χ2v) is 7.43. The Bertz CT molecular complexity index is 1080. The van der Waals surface area contributed by atoms with E-state index in [4.69, 9.17) is 0 Å². The summed E-state index contributed by atoms with van der Waals surface area (Å²) >= 11 is 0. The van der Waals surface area contributed by atoms with Crippen LogP contribution in [-0.4, -0.2) is 36.7 Å². The number of nitrogens with zero attached hydrogens (tertiary/aromatic N) is 5. The smallest absolute Gasteiger partial charge is 0.323 e. The first kappa shape index (κ1) is 21.0. The maximum atomic E-state index is 13.2. The largest absolute Gasteiger partial charge is 0.332 e. The second kappa shape index (κ2) is 9.17. The summed E-state index contributed by atoms with van der Waals surface area (Å²) in [6.07, 6.45) is 4.99. The lowest BCUT2D eigenvalue weighted by atomic mass is 10.2. The lowest BCUT2D eigenvalue weighted by Crippen LogP contribution is -2.38. The van der Waals surface area contributed by atoms with Crippen molar-refractivity contribution in [3.63, 3.8) is 0 Å². The highest BCUT2D eigenvalue weighted by molar-refractivity contribution is 5.69. The standard InChI is InChI=1S/C21H28FN5O2/c1-4-5-6-11-26(14-16-7-9-17(22)10-8-16)12-13-27-15-23-19-18(27)20(28)25(3)21(29)24(19)2/h7-10,15H,4-6,11-14H2,1-3H3. The number of hydrogen-bond donors (Lipinski definition) is 0. The molecule has 3 rings (SSSR count). The third kappa shape index (κ3) is 4.64. The van der Waals surface area contributed by atoms with Crippen molar-refractivity contribution in [3.8, 4) is 0 Å². The highest BCUT2D eigenvalue weighted by Crippen LogP contribution is 2.10. The molecule has 0 unspecified atom stereocenters. The van der Waals surface area contributed by atoms with Gasteiger partial charge in [-0.2, -0.15) is 0 Å². The van der Waals surface area contributed by atoms with E-state index in [0.29, 0.717) is 24.3 Å². The minimum absolute atomic E-state index is 0.238. The first-order chi connectivity index (χ1) is 13.9. The van der Waals surface area contributed by atoms with Crippen molar-refractivity contribution in [1.82, 2.24) is 23.6 Å². The zero-order valence-electron chi connectivity index (χ0n) is 17.3. The van der Waals surface area contributed by atoms with Crippen LogP contribution in [0.4, 0.5) is 4.39 Å². The number of unbranched alkanes of at least 4 members (excludes halogenated alkanes) is 2. The Morgan fingerprint density at radius 1 is 1.03 bits per heavy atom. The van der Waals surface area contributed by atoms with E-state index in [9.17, 15) is 14.0 Å². The molecule has 0 N–H and O–H groups in total. The molecule has 0 saturated heterocycles. The number of imidazole rings is 1. The highest BCUT2D eigenvalue weighted by Gasteiger charge is 2.15. The van der Waals surface area contributed by atoms with Crippen molar-refractivity contribution in [2.24, 2.45) is 14.1 Å². The molecule has 0 saturated carbocycles. The Morgan fingerprint density at radius 3 is 2.45 bits per heavy atom. The molecule has 2 heterocycles. The number of rotatable bonds is 9. The molecule has 0 aliphatic carbocycles. The van der Waals surface area contributed by atoms with E-state index in [-0.39, 0.29) is 17.1 Å². The Labute approximate surface area is 169 Å². The summed E-state index contributed by atoms with van der Waals surface area (Å²) in [6.45, 7) is 5.11. The molecule has 8 heteroatoms. The molecule has 0 radical (unpaired) electrons. The fraction of sp³-hybridized carbons (Fsp3) is 0.476. The first-order valence-electron chi connectivity index (χ1n) is 10.00. The zero-order valence-corrected chi connectivity index (χ0v) is 17.3. The van der Waals surface area contributed by atoms with Gasteiger partial charge >= 0.3 is 5.69 Å².